The third kappa shape index (κ3) is 4.37. The summed E-state index contributed by atoms with van der Waals surface area (Å²) in [6, 6.07) is 3.41. The van der Waals surface area contributed by atoms with Gasteiger partial charge in [0.05, 0.1) is 5.56 Å². The number of rotatable bonds is 5. The topological polar surface area (TPSA) is 53.5 Å². The van der Waals surface area contributed by atoms with Gasteiger partial charge in [0.1, 0.15) is 5.69 Å². The summed E-state index contributed by atoms with van der Waals surface area (Å²) in [4.78, 5) is 33.1. The van der Waals surface area contributed by atoms with Gasteiger partial charge in [0.15, 0.2) is 5.78 Å². The number of ketones is 1. The Bertz CT molecular complexity index is 547. The summed E-state index contributed by atoms with van der Waals surface area (Å²) in [5.74, 6) is -0.292. The molecule has 1 rings (SSSR count). The largest absolute Gasteiger partial charge is 0.338 e. The highest BCUT2D eigenvalue weighted by molar-refractivity contribution is 6.08. The molecule has 1 unspecified atom stereocenters. The lowest BCUT2D eigenvalue weighted by molar-refractivity contribution is 0.0711. The van der Waals surface area contributed by atoms with E-state index in [9.17, 15) is 9.59 Å². The van der Waals surface area contributed by atoms with Crippen molar-refractivity contribution in [2.45, 2.75) is 33.7 Å². The molecular formula is C17H27N3O2. The number of nitrogens with zero attached hydrogens (tertiary/aromatic N) is 3. The number of carbonyl (C=O) groups excluding carboxylic acids is 2. The Balaban J connectivity index is 3.12. The highest BCUT2D eigenvalue weighted by Crippen LogP contribution is 2.22. The maximum Gasteiger partial charge on any atom is 0.256 e. The second-order valence-electron chi connectivity index (χ2n) is 7.01. The van der Waals surface area contributed by atoms with Gasteiger partial charge in [-0.05, 0) is 33.2 Å². The van der Waals surface area contributed by atoms with Crippen LogP contribution in [0.2, 0.25) is 0 Å². The van der Waals surface area contributed by atoms with Gasteiger partial charge in [-0.1, -0.05) is 20.8 Å². The van der Waals surface area contributed by atoms with Gasteiger partial charge in [-0.25, -0.2) is 0 Å². The van der Waals surface area contributed by atoms with E-state index >= 15 is 0 Å². The number of amides is 1. The van der Waals surface area contributed by atoms with Crippen LogP contribution in [-0.4, -0.2) is 60.2 Å². The summed E-state index contributed by atoms with van der Waals surface area (Å²) < 4.78 is 0. The lowest BCUT2D eigenvalue weighted by atomic mass is 9.87. The normalized spacial score (nSPS) is 13.1. The average molecular weight is 305 g/mol. The Labute approximate surface area is 133 Å². The summed E-state index contributed by atoms with van der Waals surface area (Å²) in [7, 11) is 5.69. The minimum Gasteiger partial charge on any atom is -0.338 e. The summed E-state index contributed by atoms with van der Waals surface area (Å²) in [5, 5.41) is 0. The Morgan fingerprint density at radius 2 is 1.82 bits per heavy atom. The molecule has 122 valence electrons. The van der Waals surface area contributed by atoms with E-state index in [0.29, 0.717) is 5.56 Å². The molecule has 1 amide bonds. The van der Waals surface area contributed by atoms with Crippen molar-refractivity contribution in [3.63, 3.8) is 0 Å². The molecule has 0 fully saturated rings. The lowest BCUT2D eigenvalue weighted by Gasteiger charge is -2.28. The van der Waals surface area contributed by atoms with Crippen molar-refractivity contribution in [1.29, 1.82) is 0 Å². The fourth-order valence-corrected chi connectivity index (χ4v) is 2.16. The molecule has 0 spiro atoms. The van der Waals surface area contributed by atoms with E-state index in [1.807, 2.05) is 46.7 Å². The molecule has 1 atom stereocenters. The minimum atomic E-state index is -0.572. The van der Waals surface area contributed by atoms with Gasteiger partial charge in [0.2, 0.25) is 0 Å². The van der Waals surface area contributed by atoms with Gasteiger partial charge < -0.3 is 9.80 Å². The number of carbonyl (C=O) groups is 2. The first kappa shape index (κ1) is 18.3. The van der Waals surface area contributed by atoms with Crippen molar-refractivity contribution in [1.82, 2.24) is 14.8 Å². The second kappa shape index (κ2) is 7.01. The van der Waals surface area contributed by atoms with E-state index in [2.05, 4.69) is 4.98 Å². The van der Waals surface area contributed by atoms with Crippen molar-refractivity contribution >= 4 is 11.7 Å². The number of aromatic nitrogens is 1. The van der Waals surface area contributed by atoms with Crippen molar-refractivity contribution in [2.75, 3.05) is 27.7 Å². The molecule has 0 aromatic carbocycles. The van der Waals surface area contributed by atoms with Crippen molar-refractivity contribution in [3.8, 4) is 0 Å². The predicted octanol–water partition coefficient (Wildman–Crippen LogP) is 2.33. The Morgan fingerprint density at radius 3 is 2.32 bits per heavy atom. The number of likely N-dealkylation sites (N-methyl/N-ethyl adjacent to an activating group) is 2. The molecule has 5 heteroatoms. The van der Waals surface area contributed by atoms with Crippen LogP contribution in [0.5, 0.6) is 0 Å². The Hall–Kier alpha value is -1.75. The number of pyridine rings is 1. The van der Waals surface area contributed by atoms with Gasteiger partial charge in [0, 0.05) is 31.2 Å². The zero-order valence-corrected chi connectivity index (χ0v) is 14.7. The first-order valence-electron chi connectivity index (χ1n) is 7.47. The van der Waals surface area contributed by atoms with Crippen LogP contribution >= 0.6 is 0 Å². The fourth-order valence-electron chi connectivity index (χ4n) is 2.16. The molecule has 0 radical (unpaired) electrons. The molecular weight excluding hydrogens is 278 g/mol. The number of hydrogen-bond donors (Lipinski definition) is 0. The molecule has 0 aliphatic carbocycles. The van der Waals surface area contributed by atoms with Crippen LogP contribution in [0.3, 0.4) is 0 Å². The quantitative estimate of drug-likeness (QED) is 0.784. The Kier molecular flexibility index (Phi) is 5.83. The van der Waals surface area contributed by atoms with Gasteiger partial charge in [0.25, 0.3) is 5.91 Å². The van der Waals surface area contributed by atoms with E-state index in [4.69, 9.17) is 0 Å². The molecule has 0 saturated heterocycles. The fraction of sp³-hybridized carbons (Fsp3) is 0.588. The summed E-state index contributed by atoms with van der Waals surface area (Å²) in [5.41, 5.74) is 0.0523. The molecule has 0 saturated carbocycles. The maximum atomic E-state index is 12.7. The van der Waals surface area contributed by atoms with E-state index < -0.39 is 5.41 Å². The summed E-state index contributed by atoms with van der Waals surface area (Å²) in [6.07, 6.45) is 1.55. The smallest absolute Gasteiger partial charge is 0.256 e. The predicted molar refractivity (Wildman–Crippen MR) is 88.1 cm³/mol. The van der Waals surface area contributed by atoms with Crippen molar-refractivity contribution < 1.29 is 9.59 Å². The van der Waals surface area contributed by atoms with Crippen LogP contribution in [0.15, 0.2) is 18.3 Å². The third-order valence-electron chi connectivity index (χ3n) is 3.55. The number of Topliss-reactive ketones (excluding diaryl/α,β-unsaturated/α-hetero) is 1. The van der Waals surface area contributed by atoms with Crippen LogP contribution in [0.4, 0.5) is 0 Å². The first-order chi connectivity index (χ1) is 10.1. The van der Waals surface area contributed by atoms with E-state index in [1.165, 1.54) is 0 Å². The monoisotopic (exact) mass is 305 g/mol. The van der Waals surface area contributed by atoms with Crippen LogP contribution in [0.1, 0.15) is 48.5 Å². The zero-order chi connectivity index (χ0) is 17.1. The molecule has 0 aliphatic heterocycles. The van der Waals surface area contributed by atoms with Crippen LogP contribution in [-0.2, 0) is 0 Å². The lowest BCUT2D eigenvalue weighted by Crippen LogP contribution is -2.42. The van der Waals surface area contributed by atoms with Gasteiger partial charge in [-0.15, -0.1) is 0 Å². The molecule has 22 heavy (non-hydrogen) atoms. The second-order valence-corrected chi connectivity index (χ2v) is 7.01. The molecule has 0 N–H and O–H groups in total. The number of hydrogen-bond acceptors (Lipinski definition) is 4. The summed E-state index contributed by atoms with van der Waals surface area (Å²) in [6.45, 7) is 8.23. The highest BCUT2D eigenvalue weighted by Gasteiger charge is 2.30. The molecule has 0 aliphatic rings. The van der Waals surface area contributed by atoms with Crippen LogP contribution in [0.25, 0.3) is 0 Å². The third-order valence-corrected chi connectivity index (χ3v) is 3.55. The van der Waals surface area contributed by atoms with Crippen LogP contribution in [0, 0.1) is 5.41 Å². The zero-order valence-electron chi connectivity index (χ0n) is 14.7. The first-order valence-corrected chi connectivity index (χ1v) is 7.47. The highest BCUT2D eigenvalue weighted by atomic mass is 16.2. The van der Waals surface area contributed by atoms with Gasteiger partial charge in [-0.2, -0.15) is 0 Å². The average Bonchev–Trinajstić information content (AvgIpc) is 2.43. The Morgan fingerprint density at radius 1 is 1.23 bits per heavy atom. The van der Waals surface area contributed by atoms with Gasteiger partial charge in [-0.3, -0.25) is 14.6 Å². The van der Waals surface area contributed by atoms with Gasteiger partial charge >= 0.3 is 0 Å². The van der Waals surface area contributed by atoms with E-state index in [1.54, 1.807) is 30.3 Å². The standard InChI is InChI=1S/C17H27N3O2/c1-12(11-19(5)6)20(7)16(22)13-9-8-10-18-14(13)15(21)17(2,3)4/h8-10,12H,11H2,1-7H3. The van der Waals surface area contributed by atoms with Crippen molar-refractivity contribution in [2.24, 2.45) is 5.41 Å². The van der Waals surface area contributed by atoms with E-state index in [0.717, 1.165) is 6.54 Å². The molecule has 1 heterocycles. The molecule has 0 bridgehead atoms. The van der Waals surface area contributed by atoms with Crippen molar-refractivity contribution in [3.05, 3.63) is 29.6 Å². The SMILES string of the molecule is CC(CN(C)C)N(C)C(=O)c1cccnc1C(=O)C(C)(C)C. The maximum absolute atomic E-state index is 12.7. The van der Waals surface area contributed by atoms with E-state index in [-0.39, 0.29) is 23.4 Å². The molecule has 1 aromatic rings. The van der Waals surface area contributed by atoms with Crippen LogP contribution < -0.4 is 0 Å². The molecule has 1 aromatic heterocycles. The summed E-state index contributed by atoms with van der Waals surface area (Å²) >= 11 is 0. The molecule has 5 nitrogen and oxygen atoms in total. The minimum absolute atomic E-state index is 0.0419.